The molecule has 176 valence electrons. The van der Waals surface area contributed by atoms with Gasteiger partial charge in [-0.25, -0.2) is 8.42 Å². The molecule has 2 aromatic carbocycles. The monoisotopic (exact) mass is 488 g/mol. The highest BCUT2D eigenvalue weighted by Crippen LogP contribution is 2.55. The molecule has 33 heavy (non-hydrogen) atoms. The van der Waals surface area contributed by atoms with Crippen LogP contribution in [0.3, 0.4) is 0 Å². The number of rotatable bonds is 6. The summed E-state index contributed by atoms with van der Waals surface area (Å²) in [5.74, 6) is 2.43. The normalized spacial score (nSPS) is 27.9. The second-order valence-electron chi connectivity index (χ2n) is 9.96. The van der Waals surface area contributed by atoms with Crippen LogP contribution in [0.1, 0.15) is 48.9 Å². The third kappa shape index (κ3) is 4.10. The summed E-state index contributed by atoms with van der Waals surface area (Å²) in [6, 6.07) is 11.1. The third-order valence-electron chi connectivity index (χ3n) is 7.69. The maximum absolute atomic E-state index is 13.3. The Bertz CT molecular complexity index is 1140. The van der Waals surface area contributed by atoms with Gasteiger partial charge in [0, 0.05) is 12.6 Å². The van der Waals surface area contributed by atoms with Crippen LogP contribution in [0.5, 0.6) is 5.75 Å². The van der Waals surface area contributed by atoms with Crippen molar-refractivity contribution in [2.45, 2.75) is 49.0 Å². The van der Waals surface area contributed by atoms with Crippen molar-refractivity contribution >= 4 is 33.2 Å². The van der Waals surface area contributed by atoms with Crippen LogP contribution in [-0.4, -0.2) is 34.0 Å². The number of carbonyl (C=O) groups is 1. The number of nitrogens with one attached hydrogen (secondary N) is 1. The van der Waals surface area contributed by atoms with E-state index in [-0.39, 0.29) is 26.9 Å². The zero-order valence-corrected chi connectivity index (χ0v) is 20.5. The molecule has 2 aromatic rings. The first-order chi connectivity index (χ1) is 15.7. The number of carbonyl (C=O) groups excluding carboxylic acids is 1. The van der Waals surface area contributed by atoms with Crippen LogP contribution in [0.15, 0.2) is 47.4 Å². The molecule has 6 rings (SSSR count). The first-order valence-electron chi connectivity index (χ1n) is 11.4. The minimum atomic E-state index is -3.88. The lowest BCUT2D eigenvalue weighted by Gasteiger charge is -2.56. The fraction of sp³-hybridized carbons (Fsp3) is 0.480. The molecular weight excluding hydrogens is 460 g/mol. The Morgan fingerprint density at radius 2 is 1.61 bits per heavy atom. The van der Waals surface area contributed by atoms with Crippen LogP contribution < -0.4 is 14.4 Å². The molecule has 6 nitrogen and oxygen atoms in total. The molecule has 0 aromatic heterocycles. The molecule has 4 aliphatic rings. The maximum Gasteiger partial charge on any atom is 0.264 e. The number of halogens is 1. The van der Waals surface area contributed by atoms with Gasteiger partial charge in [0.15, 0.2) is 0 Å². The molecule has 0 aliphatic heterocycles. The summed E-state index contributed by atoms with van der Waals surface area (Å²) >= 11 is 6.37. The topological polar surface area (TPSA) is 75.7 Å². The number of sulfonamides is 1. The van der Waals surface area contributed by atoms with E-state index in [2.05, 4.69) is 5.32 Å². The Morgan fingerprint density at radius 3 is 2.15 bits per heavy atom. The quantitative estimate of drug-likeness (QED) is 0.629. The molecule has 0 unspecified atom stereocenters. The largest absolute Gasteiger partial charge is 0.497 e. The molecule has 0 saturated heterocycles. The Hall–Kier alpha value is -2.25. The number of benzene rings is 2. The molecular formula is C25H29ClN2O4S. The standard InChI is InChI=1S/C25H29ClN2O4S/c1-28(19-3-5-20(32-2)6-4-19)33(30,31)21-7-8-23(26)22(12-21)24(29)27-25-13-16-9-17(14-25)11-18(10-16)15-25/h3-8,12,16-18H,9-11,13-15H2,1-2H3,(H,27,29). The summed E-state index contributed by atoms with van der Waals surface area (Å²) in [5, 5.41) is 3.54. The minimum absolute atomic E-state index is 0.0286. The van der Waals surface area contributed by atoms with Gasteiger partial charge in [-0.1, -0.05) is 11.6 Å². The van der Waals surface area contributed by atoms with Crippen molar-refractivity contribution < 1.29 is 17.9 Å². The van der Waals surface area contributed by atoms with Crippen molar-refractivity contribution in [2.75, 3.05) is 18.5 Å². The SMILES string of the molecule is COc1ccc(N(C)S(=O)(=O)c2ccc(Cl)c(C(=O)NC34CC5CC(CC(C5)C3)C4)c2)cc1. The van der Waals surface area contributed by atoms with Gasteiger partial charge in [-0.2, -0.15) is 0 Å². The van der Waals surface area contributed by atoms with E-state index < -0.39 is 10.0 Å². The van der Waals surface area contributed by atoms with Crippen molar-refractivity contribution in [1.82, 2.24) is 5.32 Å². The molecule has 1 N–H and O–H groups in total. The van der Waals surface area contributed by atoms with Crippen LogP contribution in [0, 0.1) is 17.8 Å². The molecule has 4 fully saturated rings. The average Bonchev–Trinajstić information content (AvgIpc) is 2.77. The first kappa shape index (κ1) is 22.5. The van der Waals surface area contributed by atoms with Gasteiger partial charge in [-0.05, 0) is 98.7 Å². The van der Waals surface area contributed by atoms with Crippen molar-refractivity contribution in [2.24, 2.45) is 17.8 Å². The van der Waals surface area contributed by atoms with Crippen molar-refractivity contribution in [3.63, 3.8) is 0 Å². The van der Waals surface area contributed by atoms with Crippen molar-refractivity contribution in [3.8, 4) is 5.75 Å². The van der Waals surface area contributed by atoms with E-state index in [9.17, 15) is 13.2 Å². The van der Waals surface area contributed by atoms with Gasteiger partial charge >= 0.3 is 0 Å². The van der Waals surface area contributed by atoms with E-state index in [0.717, 1.165) is 19.3 Å². The van der Waals surface area contributed by atoms with Crippen LogP contribution in [-0.2, 0) is 10.0 Å². The summed E-state index contributed by atoms with van der Waals surface area (Å²) in [7, 11) is -0.842. The Kier molecular flexibility index (Phi) is 5.60. The smallest absolute Gasteiger partial charge is 0.264 e. The lowest BCUT2D eigenvalue weighted by molar-refractivity contribution is -0.0167. The number of nitrogens with zero attached hydrogens (tertiary/aromatic N) is 1. The van der Waals surface area contributed by atoms with Crippen LogP contribution in [0.2, 0.25) is 5.02 Å². The predicted molar refractivity (Wildman–Crippen MR) is 128 cm³/mol. The average molecular weight is 489 g/mol. The number of hydrogen-bond donors (Lipinski definition) is 1. The molecule has 0 spiro atoms. The molecule has 4 bridgehead atoms. The molecule has 0 heterocycles. The van der Waals surface area contributed by atoms with Crippen LogP contribution in [0.4, 0.5) is 5.69 Å². The maximum atomic E-state index is 13.3. The fourth-order valence-corrected chi connectivity index (χ4v) is 7.93. The van der Waals surface area contributed by atoms with E-state index in [1.54, 1.807) is 31.4 Å². The van der Waals surface area contributed by atoms with E-state index in [4.69, 9.17) is 16.3 Å². The molecule has 4 saturated carbocycles. The summed E-state index contributed by atoms with van der Waals surface area (Å²) in [6.45, 7) is 0. The number of ether oxygens (including phenoxy) is 1. The van der Waals surface area contributed by atoms with E-state index >= 15 is 0 Å². The van der Waals surface area contributed by atoms with Crippen LogP contribution >= 0.6 is 11.6 Å². The van der Waals surface area contributed by atoms with E-state index in [1.165, 1.54) is 48.8 Å². The van der Waals surface area contributed by atoms with Gasteiger partial charge < -0.3 is 10.1 Å². The van der Waals surface area contributed by atoms with Gasteiger partial charge in [0.1, 0.15) is 5.75 Å². The lowest BCUT2D eigenvalue weighted by Crippen LogP contribution is -2.59. The highest BCUT2D eigenvalue weighted by molar-refractivity contribution is 7.92. The van der Waals surface area contributed by atoms with E-state index in [1.807, 2.05) is 0 Å². The van der Waals surface area contributed by atoms with Gasteiger partial charge in [0.25, 0.3) is 15.9 Å². The lowest BCUT2D eigenvalue weighted by atomic mass is 9.53. The van der Waals surface area contributed by atoms with E-state index in [0.29, 0.717) is 29.2 Å². The van der Waals surface area contributed by atoms with Crippen molar-refractivity contribution in [1.29, 1.82) is 0 Å². The third-order valence-corrected chi connectivity index (χ3v) is 9.80. The fourth-order valence-electron chi connectivity index (χ4n) is 6.50. The Balaban J connectivity index is 1.40. The zero-order chi connectivity index (χ0) is 23.4. The number of methoxy groups -OCH3 is 1. The molecule has 4 aliphatic carbocycles. The minimum Gasteiger partial charge on any atom is -0.497 e. The number of amides is 1. The van der Waals surface area contributed by atoms with Crippen LogP contribution in [0.25, 0.3) is 0 Å². The van der Waals surface area contributed by atoms with Gasteiger partial charge in [0.05, 0.1) is 28.3 Å². The highest BCUT2D eigenvalue weighted by Gasteiger charge is 2.51. The number of anilines is 1. The molecule has 0 atom stereocenters. The second-order valence-corrected chi connectivity index (χ2v) is 12.3. The van der Waals surface area contributed by atoms with Gasteiger partial charge in [0.2, 0.25) is 0 Å². The highest BCUT2D eigenvalue weighted by atomic mass is 35.5. The number of hydrogen-bond acceptors (Lipinski definition) is 4. The van der Waals surface area contributed by atoms with Gasteiger partial charge in [-0.15, -0.1) is 0 Å². The first-order valence-corrected chi connectivity index (χ1v) is 13.3. The summed E-state index contributed by atoms with van der Waals surface area (Å²) in [6.07, 6.45) is 6.88. The molecule has 0 radical (unpaired) electrons. The Labute approximate surface area is 200 Å². The predicted octanol–water partition coefficient (Wildman–Crippen LogP) is 4.87. The zero-order valence-electron chi connectivity index (χ0n) is 18.9. The molecule has 1 amide bonds. The van der Waals surface area contributed by atoms with Gasteiger partial charge in [-0.3, -0.25) is 9.10 Å². The Morgan fingerprint density at radius 1 is 1.03 bits per heavy atom. The second kappa shape index (κ2) is 8.20. The summed E-state index contributed by atoms with van der Waals surface area (Å²) in [4.78, 5) is 13.4. The van der Waals surface area contributed by atoms with Crippen molar-refractivity contribution in [3.05, 3.63) is 53.1 Å². The summed E-state index contributed by atoms with van der Waals surface area (Å²) in [5.41, 5.74) is 0.520. The molecule has 8 heteroatoms. The summed E-state index contributed by atoms with van der Waals surface area (Å²) < 4.78 is 32.9.